The fraction of sp³-hybridized carbons (Fsp3) is 0.222. The minimum atomic E-state index is -0.186. The zero-order valence-electron chi connectivity index (χ0n) is 19.5. The van der Waals surface area contributed by atoms with E-state index in [4.69, 9.17) is 42.1 Å². The molecule has 180 valence electrons. The summed E-state index contributed by atoms with van der Waals surface area (Å²) in [5.74, 6) is 2.41. The SMILES string of the molecule is COc1cccc(/C=C2\Oc3c(cc4c(c3C)OCN(Cc3ccc(Cl)cc3Cl)C4)C2=O)c1OC. The van der Waals surface area contributed by atoms with Gasteiger partial charge in [-0.25, -0.2) is 0 Å². The van der Waals surface area contributed by atoms with Crippen LogP contribution in [0.1, 0.15) is 32.6 Å². The molecule has 0 bridgehead atoms. The first-order valence-electron chi connectivity index (χ1n) is 11.0. The van der Waals surface area contributed by atoms with Crippen molar-refractivity contribution in [3.05, 3.63) is 86.1 Å². The molecule has 2 aliphatic rings. The summed E-state index contributed by atoms with van der Waals surface area (Å²) in [6.07, 6.45) is 1.68. The minimum Gasteiger partial charge on any atom is -0.493 e. The van der Waals surface area contributed by atoms with Crippen LogP contribution in [0.25, 0.3) is 6.08 Å². The first kappa shape index (κ1) is 23.5. The number of benzene rings is 3. The lowest BCUT2D eigenvalue weighted by Crippen LogP contribution is -2.32. The summed E-state index contributed by atoms with van der Waals surface area (Å²) in [6, 6.07) is 12.8. The molecule has 0 unspecified atom stereocenters. The lowest BCUT2D eigenvalue weighted by Gasteiger charge is -2.30. The number of carbonyl (C=O) groups is 1. The van der Waals surface area contributed by atoms with E-state index < -0.39 is 0 Å². The Morgan fingerprint density at radius 3 is 2.66 bits per heavy atom. The number of hydrogen-bond donors (Lipinski definition) is 0. The summed E-state index contributed by atoms with van der Waals surface area (Å²) in [6.45, 7) is 3.50. The Balaban J connectivity index is 1.44. The third-order valence-corrected chi connectivity index (χ3v) is 6.72. The van der Waals surface area contributed by atoms with Crippen molar-refractivity contribution < 1.29 is 23.7 Å². The van der Waals surface area contributed by atoms with Gasteiger partial charge in [0.15, 0.2) is 17.3 Å². The number of halogens is 2. The second kappa shape index (κ2) is 9.46. The Morgan fingerprint density at radius 2 is 1.91 bits per heavy atom. The van der Waals surface area contributed by atoms with Crippen LogP contribution in [-0.4, -0.2) is 31.6 Å². The van der Waals surface area contributed by atoms with Crippen molar-refractivity contribution in [2.45, 2.75) is 20.0 Å². The van der Waals surface area contributed by atoms with E-state index >= 15 is 0 Å². The van der Waals surface area contributed by atoms with Gasteiger partial charge in [-0.1, -0.05) is 41.4 Å². The molecule has 2 heterocycles. The minimum absolute atomic E-state index is 0.186. The fourth-order valence-electron chi connectivity index (χ4n) is 4.46. The van der Waals surface area contributed by atoms with Gasteiger partial charge in [-0.05, 0) is 42.8 Å². The first-order chi connectivity index (χ1) is 16.9. The van der Waals surface area contributed by atoms with Crippen LogP contribution in [0.2, 0.25) is 10.0 Å². The molecule has 0 amide bonds. The molecule has 0 radical (unpaired) electrons. The van der Waals surface area contributed by atoms with Gasteiger partial charge in [0.1, 0.15) is 18.2 Å². The van der Waals surface area contributed by atoms with Gasteiger partial charge in [0.2, 0.25) is 5.78 Å². The third kappa shape index (κ3) is 4.33. The van der Waals surface area contributed by atoms with Crippen LogP contribution in [0, 0.1) is 6.92 Å². The molecular weight excluding hydrogens is 489 g/mol. The van der Waals surface area contributed by atoms with Crippen molar-refractivity contribution >= 4 is 35.1 Å². The van der Waals surface area contributed by atoms with Gasteiger partial charge in [0.25, 0.3) is 0 Å². The fourth-order valence-corrected chi connectivity index (χ4v) is 4.92. The van der Waals surface area contributed by atoms with Crippen molar-refractivity contribution in [3.63, 3.8) is 0 Å². The van der Waals surface area contributed by atoms with Crippen molar-refractivity contribution in [3.8, 4) is 23.0 Å². The number of Topliss-reactive ketones (excluding diaryl/α,β-unsaturated/α-hetero) is 1. The number of hydrogen-bond acceptors (Lipinski definition) is 6. The van der Waals surface area contributed by atoms with Gasteiger partial charge in [-0.15, -0.1) is 0 Å². The van der Waals surface area contributed by atoms with E-state index in [0.29, 0.717) is 58.2 Å². The van der Waals surface area contributed by atoms with Crippen molar-refractivity contribution in [1.29, 1.82) is 0 Å². The molecular formula is C27H23Cl2NO5. The average Bonchev–Trinajstić information content (AvgIpc) is 3.16. The maximum Gasteiger partial charge on any atom is 0.231 e. The van der Waals surface area contributed by atoms with E-state index in [1.54, 1.807) is 32.4 Å². The predicted molar refractivity (Wildman–Crippen MR) is 135 cm³/mol. The predicted octanol–water partition coefficient (Wildman–Crippen LogP) is 6.29. The molecule has 0 aliphatic carbocycles. The van der Waals surface area contributed by atoms with Gasteiger partial charge in [0.05, 0.1) is 19.8 Å². The Bertz CT molecular complexity index is 1370. The summed E-state index contributed by atoms with van der Waals surface area (Å²) in [7, 11) is 3.13. The van der Waals surface area contributed by atoms with E-state index in [0.717, 1.165) is 22.4 Å². The summed E-state index contributed by atoms with van der Waals surface area (Å²) >= 11 is 12.4. The van der Waals surface area contributed by atoms with Crippen molar-refractivity contribution in [2.24, 2.45) is 0 Å². The van der Waals surface area contributed by atoms with Gasteiger partial charge < -0.3 is 18.9 Å². The normalized spacial score (nSPS) is 15.9. The van der Waals surface area contributed by atoms with E-state index in [9.17, 15) is 4.79 Å². The zero-order chi connectivity index (χ0) is 24.7. The molecule has 6 nitrogen and oxygen atoms in total. The van der Waals surface area contributed by atoms with E-state index in [2.05, 4.69) is 4.90 Å². The van der Waals surface area contributed by atoms with Crippen LogP contribution < -0.4 is 18.9 Å². The molecule has 0 saturated heterocycles. The number of allylic oxidation sites excluding steroid dienone is 1. The van der Waals surface area contributed by atoms with Crippen molar-refractivity contribution in [1.82, 2.24) is 4.90 Å². The Morgan fingerprint density at radius 1 is 1.09 bits per heavy atom. The molecule has 3 aromatic rings. The smallest absolute Gasteiger partial charge is 0.231 e. The number of methoxy groups -OCH3 is 2. The molecule has 0 spiro atoms. The molecule has 2 aliphatic heterocycles. The van der Waals surface area contributed by atoms with E-state index in [-0.39, 0.29) is 11.5 Å². The number of carbonyl (C=O) groups excluding carboxylic acids is 1. The molecule has 5 rings (SSSR count). The summed E-state index contributed by atoms with van der Waals surface area (Å²) in [4.78, 5) is 15.4. The van der Waals surface area contributed by atoms with Crippen LogP contribution in [0.3, 0.4) is 0 Å². The zero-order valence-corrected chi connectivity index (χ0v) is 21.0. The molecule has 0 saturated carbocycles. The highest BCUT2D eigenvalue weighted by Crippen LogP contribution is 2.44. The average molecular weight is 512 g/mol. The molecule has 0 aromatic heterocycles. The number of para-hydroxylation sites is 1. The molecule has 0 N–H and O–H groups in total. The molecule has 8 heteroatoms. The van der Waals surface area contributed by atoms with Gasteiger partial charge in [-0.2, -0.15) is 0 Å². The topological polar surface area (TPSA) is 57.2 Å². The number of ether oxygens (including phenoxy) is 4. The third-order valence-electron chi connectivity index (χ3n) is 6.13. The second-order valence-corrected chi connectivity index (χ2v) is 9.23. The molecule has 3 aromatic carbocycles. The summed E-state index contributed by atoms with van der Waals surface area (Å²) in [5.41, 5.74) is 3.89. The van der Waals surface area contributed by atoms with Crippen LogP contribution in [0.5, 0.6) is 23.0 Å². The highest BCUT2D eigenvalue weighted by atomic mass is 35.5. The maximum absolute atomic E-state index is 13.3. The Hall–Kier alpha value is -3.19. The Labute approximate surface area is 213 Å². The van der Waals surface area contributed by atoms with Gasteiger partial charge in [-0.3, -0.25) is 9.69 Å². The van der Waals surface area contributed by atoms with Gasteiger partial charge >= 0.3 is 0 Å². The number of fused-ring (bicyclic) bond motifs is 2. The monoisotopic (exact) mass is 511 g/mol. The molecule has 0 fully saturated rings. The Kier molecular flexibility index (Phi) is 6.36. The maximum atomic E-state index is 13.3. The second-order valence-electron chi connectivity index (χ2n) is 8.39. The molecule has 35 heavy (non-hydrogen) atoms. The lowest BCUT2D eigenvalue weighted by atomic mass is 9.99. The summed E-state index contributed by atoms with van der Waals surface area (Å²) < 4.78 is 23.0. The van der Waals surface area contributed by atoms with Gasteiger partial charge in [0, 0.05) is 39.8 Å². The van der Waals surface area contributed by atoms with E-state index in [1.165, 1.54) is 0 Å². The number of ketones is 1. The van der Waals surface area contributed by atoms with Crippen LogP contribution in [0.4, 0.5) is 0 Å². The van der Waals surface area contributed by atoms with Crippen molar-refractivity contribution in [2.75, 3.05) is 21.0 Å². The first-order valence-corrected chi connectivity index (χ1v) is 11.8. The largest absolute Gasteiger partial charge is 0.493 e. The van der Waals surface area contributed by atoms with Crippen LogP contribution >= 0.6 is 23.2 Å². The highest BCUT2D eigenvalue weighted by Gasteiger charge is 2.34. The lowest BCUT2D eigenvalue weighted by molar-refractivity contribution is 0.0877. The van der Waals surface area contributed by atoms with Crippen LogP contribution in [-0.2, 0) is 13.1 Å². The van der Waals surface area contributed by atoms with Crippen LogP contribution in [0.15, 0.2) is 48.2 Å². The number of rotatable bonds is 5. The number of nitrogens with zero attached hydrogens (tertiary/aromatic N) is 1. The summed E-state index contributed by atoms with van der Waals surface area (Å²) in [5, 5.41) is 1.21. The van der Waals surface area contributed by atoms with E-state index in [1.807, 2.05) is 37.3 Å². The molecule has 0 atom stereocenters. The quantitative estimate of drug-likeness (QED) is 0.375. The standard InChI is InChI=1S/C27H23Cl2NO5/c1-15-25-18(13-30(14-34-25)12-17-7-8-19(28)11-21(17)29)9-20-24(31)23(35-26(15)20)10-16-5-4-6-22(32-2)27(16)33-3/h4-11H,12-14H2,1-3H3/b23-10-. The highest BCUT2D eigenvalue weighted by molar-refractivity contribution is 6.35.